The summed E-state index contributed by atoms with van der Waals surface area (Å²) in [5, 5.41) is 0. The van der Waals surface area contributed by atoms with Crippen molar-refractivity contribution in [3.05, 3.63) is 0 Å². The largest absolute Gasteiger partial charge is 0.238 e. The summed E-state index contributed by atoms with van der Waals surface area (Å²) in [6, 6.07) is 0. The van der Waals surface area contributed by atoms with Crippen molar-refractivity contribution < 1.29 is 8.78 Å². The zero-order valence-corrected chi connectivity index (χ0v) is 7.47. The van der Waals surface area contributed by atoms with Crippen molar-refractivity contribution in [2.24, 2.45) is 23.7 Å². The molecule has 70 valence electrons. The maximum absolute atomic E-state index is 12.1. The van der Waals surface area contributed by atoms with E-state index in [0.717, 1.165) is 12.3 Å². The van der Waals surface area contributed by atoms with Crippen LogP contribution in [-0.2, 0) is 0 Å². The van der Waals surface area contributed by atoms with Gasteiger partial charge in [-0.1, -0.05) is 6.92 Å². The number of alkyl halides is 2. The normalized spacial score (nSPS) is 46.0. The van der Waals surface area contributed by atoms with Crippen LogP contribution in [0.1, 0.15) is 32.6 Å². The minimum absolute atomic E-state index is 0.158. The lowest BCUT2D eigenvalue weighted by Crippen LogP contribution is -2.19. The average molecular weight is 174 g/mol. The van der Waals surface area contributed by atoms with E-state index in [1.54, 1.807) is 0 Å². The minimum atomic E-state index is -2.08. The molecule has 4 atom stereocenters. The van der Waals surface area contributed by atoms with Gasteiger partial charge in [-0.3, -0.25) is 0 Å². The highest BCUT2D eigenvalue weighted by Gasteiger charge is 2.44. The maximum atomic E-state index is 12.1. The van der Waals surface area contributed by atoms with Crippen molar-refractivity contribution in [2.75, 3.05) is 0 Å². The molecule has 3 unspecified atom stereocenters. The second-order valence-electron chi connectivity index (χ2n) is 4.60. The first kappa shape index (κ1) is 8.46. The zero-order valence-electron chi connectivity index (χ0n) is 7.47. The number of hydrogen-bond donors (Lipinski definition) is 0. The lowest BCUT2D eigenvalue weighted by atomic mass is 9.80. The molecule has 2 saturated carbocycles. The van der Waals surface area contributed by atoms with E-state index in [1.807, 2.05) is 0 Å². The van der Waals surface area contributed by atoms with Crippen LogP contribution >= 0.6 is 0 Å². The molecule has 0 nitrogen and oxygen atoms in total. The van der Waals surface area contributed by atoms with Gasteiger partial charge in [-0.15, -0.1) is 0 Å². The van der Waals surface area contributed by atoms with Crippen LogP contribution in [0.15, 0.2) is 0 Å². The van der Waals surface area contributed by atoms with Gasteiger partial charge in [-0.2, -0.15) is 0 Å². The molecular weight excluding hydrogens is 158 g/mol. The van der Waals surface area contributed by atoms with Crippen molar-refractivity contribution in [3.8, 4) is 0 Å². The Hall–Kier alpha value is -0.140. The van der Waals surface area contributed by atoms with Crippen LogP contribution in [0.5, 0.6) is 0 Å². The Kier molecular flexibility index (Phi) is 2.09. The summed E-state index contributed by atoms with van der Waals surface area (Å²) < 4.78 is 24.3. The quantitative estimate of drug-likeness (QED) is 0.602. The first-order chi connectivity index (χ1) is 5.66. The Labute approximate surface area is 72.3 Å². The summed E-state index contributed by atoms with van der Waals surface area (Å²) in [7, 11) is 0. The molecule has 2 aliphatic carbocycles. The Morgan fingerprint density at radius 3 is 2.50 bits per heavy atom. The lowest BCUT2D eigenvalue weighted by Gasteiger charge is -2.26. The van der Waals surface area contributed by atoms with Crippen molar-refractivity contribution >= 4 is 0 Å². The van der Waals surface area contributed by atoms with Gasteiger partial charge >= 0.3 is 0 Å². The van der Waals surface area contributed by atoms with E-state index in [1.165, 1.54) is 12.8 Å². The summed E-state index contributed by atoms with van der Waals surface area (Å²) in [5.41, 5.74) is 0. The molecule has 0 aromatic carbocycles. The van der Waals surface area contributed by atoms with Gasteiger partial charge in [0.1, 0.15) is 0 Å². The van der Waals surface area contributed by atoms with Gasteiger partial charge in [-0.05, 0) is 42.9 Å². The molecule has 2 fully saturated rings. The minimum Gasteiger partial charge on any atom is -0.211 e. The van der Waals surface area contributed by atoms with Crippen LogP contribution in [0, 0.1) is 23.7 Å². The predicted molar refractivity (Wildman–Crippen MR) is 44.1 cm³/mol. The third-order valence-corrected chi connectivity index (χ3v) is 3.76. The van der Waals surface area contributed by atoms with Crippen molar-refractivity contribution in [2.45, 2.75) is 39.0 Å². The van der Waals surface area contributed by atoms with Gasteiger partial charge < -0.3 is 0 Å². The Bertz CT molecular complexity index is 167. The van der Waals surface area contributed by atoms with Gasteiger partial charge in [0.15, 0.2) is 0 Å². The average Bonchev–Trinajstić information content (AvgIpc) is 2.43. The molecule has 2 heteroatoms. The number of halogens is 2. The molecule has 0 aliphatic heterocycles. The molecule has 2 bridgehead atoms. The van der Waals surface area contributed by atoms with Crippen LogP contribution in [-0.4, -0.2) is 6.43 Å². The molecule has 12 heavy (non-hydrogen) atoms. The first-order valence-electron chi connectivity index (χ1n) is 4.95. The Morgan fingerprint density at radius 1 is 1.25 bits per heavy atom. The third kappa shape index (κ3) is 1.36. The van der Waals surface area contributed by atoms with Crippen LogP contribution in [0.2, 0.25) is 0 Å². The van der Waals surface area contributed by atoms with Gasteiger partial charge in [0.05, 0.1) is 0 Å². The fourth-order valence-corrected chi connectivity index (χ4v) is 3.37. The molecule has 2 aliphatic rings. The van der Waals surface area contributed by atoms with Gasteiger partial charge in [0, 0.05) is 6.42 Å². The van der Waals surface area contributed by atoms with Crippen molar-refractivity contribution in [3.63, 3.8) is 0 Å². The highest BCUT2D eigenvalue weighted by Crippen LogP contribution is 2.53. The summed E-state index contributed by atoms with van der Waals surface area (Å²) in [5.74, 6) is 2.48. The second-order valence-corrected chi connectivity index (χ2v) is 4.60. The summed E-state index contributed by atoms with van der Waals surface area (Å²) in [6.45, 7) is 2.22. The summed E-state index contributed by atoms with van der Waals surface area (Å²) in [6.07, 6.45) is 1.69. The van der Waals surface area contributed by atoms with Gasteiger partial charge in [0.25, 0.3) is 0 Å². The Balaban J connectivity index is 1.93. The smallest absolute Gasteiger partial charge is 0.211 e. The van der Waals surface area contributed by atoms with Crippen LogP contribution in [0.4, 0.5) is 8.78 Å². The molecular formula is C10H16F2. The number of rotatable bonds is 2. The number of hydrogen-bond acceptors (Lipinski definition) is 0. The van der Waals surface area contributed by atoms with E-state index in [-0.39, 0.29) is 6.42 Å². The third-order valence-electron chi connectivity index (χ3n) is 3.76. The van der Waals surface area contributed by atoms with E-state index in [0.29, 0.717) is 17.8 Å². The SMILES string of the molecule is C[C@H]1CC2CC(CC(F)F)C1C2. The van der Waals surface area contributed by atoms with E-state index >= 15 is 0 Å². The predicted octanol–water partition coefficient (Wildman–Crippen LogP) is 3.32. The highest BCUT2D eigenvalue weighted by atomic mass is 19.3. The molecule has 0 N–H and O–H groups in total. The fourth-order valence-electron chi connectivity index (χ4n) is 3.37. The van der Waals surface area contributed by atoms with Gasteiger partial charge in [0.2, 0.25) is 6.43 Å². The van der Waals surface area contributed by atoms with Crippen LogP contribution in [0.3, 0.4) is 0 Å². The monoisotopic (exact) mass is 174 g/mol. The standard InChI is InChI=1S/C10H16F2/c1-6-2-7-3-8(5-10(11)12)9(6)4-7/h6-10H,2-5H2,1H3/t6-,7?,8?,9?/m0/s1. The molecule has 2 rings (SSSR count). The van der Waals surface area contributed by atoms with Crippen molar-refractivity contribution in [1.29, 1.82) is 0 Å². The van der Waals surface area contributed by atoms with Crippen molar-refractivity contribution in [1.82, 2.24) is 0 Å². The summed E-state index contributed by atoms with van der Waals surface area (Å²) >= 11 is 0. The summed E-state index contributed by atoms with van der Waals surface area (Å²) in [4.78, 5) is 0. The molecule has 0 radical (unpaired) electrons. The fraction of sp³-hybridized carbons (Fsp3) is 1.00. The molecule has 0 amide bonds. The zero-order chi connectivity index (χ0) is 8.72. The van der Waals surface area contributed by atoms with Crippen LogP contribution in [0.25, 0.3) is 0 Å². The van der Waals surface area contributed by atoms with E-state index in [4.69, 9.17) is 0 Å². The van der Waals surface area contributed by atoms with Crippen LogP contribution < -0.4 is 0 Å². The van der Waals surface area contributed by atoms with E-state index < -0.39 is 6.43 Å². The number of fused-ring (bicyclic) bond motifs is 2. The first-order valence-corrected chi connectivity index (χ1v) is 4.95. The van der Waals surface area contributed by atoms with E-state index in [9.17, 15) is 8.78 Å². The molecule has 0 aromatic heterocycles. The van der Waals surface area contributed by atoms with E-state index in [2.05, 4.69) is 6.92 Å². The topological polar surface area (TPSA) is 0 Å². The van der Waals surface area contributed by atoms with Gasteiger partial charge in [-0.25, -0.2) is 8.78 Å². The molecule has 0 spiro atoms. The maximum Gasteiger partial charge on any atom is 0.238 e. The Morgan fingerprint density at radius 2 is 2.00 bits per heavy atom. The molecule has 0 aromatic rings. The highest BCUT2D eigenvalue weighted by molar-refractivity contribution is 4.93. The lowest BCUT2D eigenvalue weighted by molar-refractivity contribution is 0.0891. The molecule has 0 heterocycles. The molecule has 0 saturated heterocycles. The second kappa shape index (κ2) is 2.97.